The number of ether oxygens (including phenoxy) is 1. The Morgan fingerprint density at radius 3 is 3.18 bits per heavy atom. The molecule has 1 saturated heterocycles. The van der Waals surface area contributed by atoms with Gasteiger partial charge in [-0.05, 0) is 38.4 Å². The molecule has 0 N–H and O–H groups in total. The van der Waals surface area contributed by atoms with Gasteiger partial charge in [0.1, 0.15) is 5.02 Å². The van der Waals surface area contributed by atoms with Gasteiger partial charge in [0.25, 0.3) is 0 Å². The van der Waals surface area contributed by atoms with Gasteiger partial charge in [0.05, 0.1) is 18.8 Å². The summed E-state index contributed by atoms with van der Waals surface area (Å²) in [7, 11) is 0. The number of rotatable bonds is 5. The lowest BCUT2D eigenvalue weighted by Crippen LogP contribution is -2.37. The van der Waals surface area contributed by atoms with E-state index in [0.717, 1.165) is 43.9 Å². The van der Waals surface area contributed by atoms with E-state index in [0.29, 0.717) is 23.4 Å². The fourth-order valence-electron chi connectivity index (χ4n) is 2.82. The molecule has 22 heavy (non-hydrogen) atoms. The minimum atomic E-state index is 0.482. The summed E-state index contributed by atoms with van der Waals surface area (Å²) in [5, 5.41) is 4.50. The minimum absolute atomic E-state index is 0.482. The highest BCUT2D eigenvalue weighted by Crippen LogP contribution is 2.23. The SMILES string of the molecule is Cc1cc(CN2CCCC(COc3ncccc3Cl)C2)on1. The highest BCUT2D eigenvalue weighted by Gasteiger charge is 2.22. The lowest BCUT2D eigenvalue weighted by atomic mass is 9.99. The van der Waals surface area contributed by atoms with Gasteiger partial charge in [0.2, 0.25) is 5.88 Å². The van der Waals surface area contributed by atoms with Crippen molar-refractivity contribution in [1.29, 1.82) is 0 Å². The molecule has 1 aliphatic heterocycles. The Balaban J connectivity index is 1.51. The van der Waals surface area contributed by atoms with Crippen molar-refractivity contribution in [3.63, 3.8) is 0 Å². The third-order valence-electron chi connectivity index (χ3n) is 3.84. The van der Waals surface area contributed by atoms with Crippen LogP contribution in [0.15, 0.2) is 28.9 Å². The van der Waals surface area contributed by atoms with Gasteiger partial charge >= 0.3 is 0 Å². The van der Waals surface area contributed by atoms with Gasteiger partial charge in [-0.2, -0.15) is 0 Å². The van der Waals surface area contributed by atoms with Gasteiger partial charge in [-0.15, -0.1) is 0 Å². The van der Waals surface area contributed by atoms with E-state index in [-0.39, 0.29) is 0 Å². The van der Waals surface area contributed by atoms with Crippen LogP contribution in [0.2, 0.25) is 5.02 Å². The summed E-state index contributed by atoms with van der Waals surface area (Å²) in [4.78, 5) is 6.55. The van der Waals surface area contributed by atoms with Crippen LogP contribution in [-0.4, -0.2) is 34.7 Å². The predicted octanol–water partition coefficient (Wildman–Crippen LogP) is 3.32. The molecule has 0 radical (unpaired) electrons. The standard InChI is InChI=1S/C16H20ClN3O2/c1-12-8-14(22-19-12)10-20-7-3-4-13(9-20)11-21-16-15(17)5-2-6-18-16/h2,5-6,8,13H,3-4,7,9-11H2,1H3. The largest absolute Gasteiger partial charge is 0.476 e. The fourth-order valence-corrected chi connectivity index (χ4v) is 2.99. The Morgan fingerprint density at radius 2 is 2.41 bits per heavy atom. The topological polar surface area (TPSA) is 51.4 Å². The lowest BCUT2D eigenvalue weighted by Gasteiger charge is -2.31. The second kappa shape index (κ2) is 7.11. The first-order valence-electron chi connectivity index (χ1n) is 7.58. The van der Waals surface area contributed by atoms with Crippen LogP contribution in [0, 0.1) is 12.8 Å². The Morgan fingerprint density at radius 1 is 1.50 bits per heavy atom. The monoisotopic (exact) mass is 321 g/mol. The van der Waals surface area contributed by atoms with Crippen molar-refractivity contribution in [2.24, 2.45) is 5.92 Å². The van der Waals surface area contributed by atoms with Gasteiger partial charge < -0.3 is 9.26 Å². The van der Waals surface area contributed by atoms with Crippen molar-refractivity contribution in [3.05, 3.63) is 40.9 Å². The van der Waals surface area contributed by atoms with E-state index in [1.54, 1.807) is 18.3 Å². The lowest BCUT2D eigenvalue weighted by molar-refractivity contribution is 0.115. The Hall–Kier alpha value is -1.59. The number of pyridine rings is 1. The van der Waals surface area contributed by atoms with Crippen LogP contribution in [0.1, 0.15) is 24.3 Å². The zero-order valence-electron chi connectivity index (χ0n) is 12.7. The summed E-state index contributed by atoms with van der Waals surface area (Å²) in [6.45, 7) is 5.46. The maximum atomic E-state index is 6.06. The van der Waals surface area contributed by atoms with Crippen LogP contribution < -0.4 is 4.74 Å². The molecule has 1 unspecified atom stereocenters. The maximum absolute atomic E-state index is 6.06. The summed E-state index contributed by atoms with van der Waals surface area (Å²) in [6.07, 6.45) is 4.02. The summed E-state index contributed by atoms with van der Waals surface area (Å²) in [6, 6.07) is 5.59. The fraction of sp³-hybridized carbons (Fsp3) is 0.500. The number of aromatic nitrogens is 2. The number of piperidine rings is 1. The number of hydrogen-bond acceptors (Lipinski definition) is 5. The summed E-state index contributed by atoms with van der Waals surface area (Å²) in [5.41, 5.74) is 0.927. The van der Waals surface area contributed by atoms with Crippen LogP contribution in [0.4, 0.5) is 0 Å². The van der Waals surface area contributed by atoms with Crippen LogP contribution >= 0.6 is 11.6 Å². The first-order valence-corrected chi connectivity index (χ1v) is 7.96. The number of halogens is 1. The van der Waals surface area contributed by atoms with Gasteiger partial charge in [-0.1, -0.05) is 16.8 Å². The van der Waals surface area contributed by atoms with E-state index in [4.69, 9.17) is 20.9 Å². The zero-order chi connectivity index (χ0) is 15.4. The number of hydrogen-bond donors (Lipinski definition) is 0. The first-order chi connectivity index (χ1) is 10.7. The average molecular weight is 322 g/mol. The second-order valence-corrected chi connectivity index (χ2v) is 6.19. The Bertz CT molecular complexity index is 617. The second-order valence-electron chi connectivity index (χ2n) is 5.78. The molecular weight excluding hydrogens is 302 g/mol. The molecule has 2 aromatic heterocycles. The van der Waals surface area contributed by atoms with Gasteiger partial charge in [0, 0.05) is 24.7 Å². The molecule has 1 atom stereocenters. The van der Waals surface area contributed by atoms with Crippen molar-refractivity contribution in [1.82, 2.24) is 15.0 Å². The molecule has 1 fully saturated rings. The smallest absolute Gasteiger partial charge is 0.232 e. The van der Waals surface area contributed by atoms with Crippen LogP contribution in [0.5, 0.6) is 5.88 Å². The average Bonchev–Trinajstić information content (AvgIpc) is 2.92. The third kappa shape index (κ3) is 3.99. The van der Waals surface area contributed by atoms with Crippen LogP contribution in [-0.2, 0) is 6.54 Å². The molecule has 0 spiro atoms. The van der Waals surface area contributed by atoms with Crippen LogP contribution in [0.25, 0.3) is 0 Å². The molecular formula is C16H20ClN3O2. The highest BCUT2D eigenvalue weighted by atomic mass is 35.5. The molecule has 0 aromatic carbocycles. The van der Waals surface area contributed by atoms with Gasteiger partial charge in [-0.25, -0.2) is 4.98 Å². The zero-order valence-corrected chi connectivity index (χ0v) is 13.4. The van der Waals surface area contributed by atoms with E-state index >= 15 is 0 Å². The van der Waals surface area contributed by atoms with Crippen molar-refractivity contribution in [3.8, 4) is 5.88 Å². The summed E-state index contributed by atoms with van der Waals surface area (Å²) < 4.78 is 11.1. The summed E-state index contributed by atoms with van der Waals surface area (Å²) >= 11 is 6.06. The quantitative estimate of drug-likeness (QED) is 0.845. The third-order valence-corrected chi connectivity index (χ3v) is 4.13. The number of aryl methyl sites for hydroxylation is 1. The van der Waals surface area contributed by atoms with E-state index < -0.39 is 0 Å². The molecule has 5 nitrogen and oxygen atoms in total. The molecule has 0 amide bonds. The van der Waals surface area contributed by atoms with Crippen LogP contribution in [0.3, 0.4) is 0 Å². The normalized spacial score (nSPS) is 19.3. The van der Waals surface area contributed by atoms with Gasteiger partial charge in [-0.3, -0.25) is 4.90 Å². The van der Waals surface area contributed by atoms with Crippen molar-refractivity contribution >= 4 is 11.6 Å². The van der Waals surface area contributed by atoms with E-state index in [1.165, 1.54) is 0 Å². The predicted molar refractivity (Wildman–Crippen MR) is 84.0 cm³/mol. The molecule has 2 aromatic rings. The molecule has 118 valence electrons. The highest BCUT2D eigenvalue weighted by molar-refractivity contribution is 6.31. The van der Waals surface area contributed by atoms with Crippen molar-refractivity contribution < 1.29 is 9.26 Å². The molecule has 0 bridgehead atoms. The van der Waals surface area contributed by atoms with E-state index in [2.05, 4.69) is 15.0 Å². The summed E-state index contributed by atoms with van der Waals surface area (Å²) in [5.74, 6) is 1.93. The molecule has 3 heterocycles. The van der Waals surface area contributed by atoms with E-state index in [9.17, 15) is 0 Å². The molecule has 3 rings (SSSR count). The number of likely N-dealkylation sites (tertiary alicyclic amines) is 1. The molecule has 0 aliphatic carbocycles. The van der Waals surface area contributed by atoms with E-state index in [1.807, 2.05) is 13.0 Å². The first kappa shape index (κ1) is 15.3. The molecule has 0 saturated carbocycles. The Labute approximate surface area is 135 Å². The maximum Gasteiger partial charge on any atom is 0.232 e. The minimum Gasteiger partial charge on any atom is -0.476 e. The number of nitrogens with zero attached hydrogens (tertiary/aromatic N) is 3. The molecule has 1 aliphatic rings. The molecule has 6 heteroatoms. The van der Waals surface area contributed by atoms with Gasteiger partial charge in [0.15, 0.2) is 5.76 Å². The van der Waals surface area contributed by atoms with Crippen molar-refractivity contribution in [2.45, 2.75) is 26.3 Å². The van der Waals surface area contributed by atoms with Crippen molar-refractivity contribution in [2.75, 3.05) is 19.7 Å². The Kier molecular flexibility index (Phi) is 4.95.